The number of nitrogens with one attached hydrogen (secondary N) is 1. The summed E-state index contributed by atoms with van der Waals surface area (Å²) in [6.07, 6.45) is 0. The summed E-state index contributed by atoms with van der Waals surface area (Å²) in [6, 6.07) is 0. The lowest BCUT2D eigenvalue weighted by molar-refractivity contribution is -0.119. The Bertz CT molecular complexity index is 202. The van der Waals surface area contributed by atoms with Gasteiger partial charge in [-0.05, 0) is 0 Å². The molecular formula is C9H19N3O2. The van der Waals surface area contributed by atoms with Gasteiger partial charge in [0.25, 0.3) is 0 Å². The Morgan fingerprint density at radius 3 is 2.71 bits per heavy atom. The van der Waals surface area contributed by atoms with E-state index in [0.717, 1.165) is 0 Å². The van der Waals surface area contributed by atoms with Crippen molar-refractivity contribution in [3.8, 4) is 0 Å². The average Bonchev–Trinajstić information content (AvgIpc) is 2.14. The van der Waals surface area contributed by atoms with Gasteiger partial charge in [0, 0.05) is 19.6 Å². The maximum atomic E-state index is 11.1. The van der Waals surface area contributed by atoms with Crippen LogP contribution in [0.4, 0.5) is 0 Å². The molecule has 0 unspecified atom stereocenters. The van der Waals surface area contributed by atoms with Gasteiger partial charge in [0.05, 0.1) is 12.4 Å². The molecule has 82 valence electrons. The molecule has 0 radical (unpaired) electrons. The molecule has 0 rings (SSSR count). The Kier molecular flexibility index (Phi) is 6.74. The van der Waals surface area contributed by atoms with E-state index in [1.165, 1.54) is 0 Å². The van der Waals surface area contributed by atoms with Crippen molar-refractivity contribution in [2.45, 2.75) is 13.8 Å². The van der Waals surface area contributed by atoms with Crippen LogP contribution in [0.25, 0.3) is 0 Å². The summed E-state index contributed by atoms with van der Waals surface area (Å²) in [5.74, 6) is 0.555. The van der Waals surface area contributed by atoms with Crippen LogP contribution in [-0.2, 0) is 9.53 Å². The summed E-state index contributed by atoms with van der Waals surface area (Å²) in [7, 11) is 1.58. The number of methoxy groups -OCH3 is 1. The number of ether oxygens (including phenoxy) is 1. The Labute approximate surface area is 84.7 Å². The van der Waals surface area contributed by atoms with Crippen molar-refractivity contribution in [3.05, 3.63) is 0 Å². The lowest BCUT2D eigenvalue weighted by Gasteiger charge is -2.04. The van der Waals surface area contributed by atoms with Gasteiger partial charge in [-0.1, -0.05) is 13.8 Å². The molecule has 0 spiro atoms. The summed E-state index contributed by atoms with van der Waals surface area (Å²) < 4.78 is 4.78. The zero-order valence-corrected chi connectivity index (χ0v) is 9.04. The molecule has 0 aromatic carbocycles. The van der Waals surface area contributed by atoms with Gasteiger partial charge in [-0.15, -0.1) is 0 Å². The van der Waals surface area contributed by atoms with E-state index < -0.39 is 0 Å². The number of nitrogens with two attached hydrogens (primary N) is 1. The third kappa shape index (κ3) is 6.42. The molecule has 0 saturated carbocycles. The number of carbonyl (C=O) groups is 1. The molecule has 0 aliphatic carbocycles. The highest BCUT2D eigenvalue weighted by molar-refractivity contribution is 5.86. The maximum Gasteiger partial charge on any atom is 0.241 e. The highest BCUT2D eigenvalue weighted by Gasteiger charge is 2.01. The quantitative estimate of drug-likeness (QED) is 0.354. The van der Waals surface area contributed by atoms with Crippen molar-refractivity contribution in [2.75, 3.05) is 26.8 Å². The highest BCUT2D eigenvalue weighted by Crippen LogP contribution is 1.90. The molecule has 1 amide bonds. The number of amides is 1. The number of hydrogen-bond acceptors (Lipinski definition) is 3. The smallest absolute Gasteiger partial charge is 0.241 e. The van der Waals surface area contributed by atoms with Gasteiger partial charge >= 0.3 is 0 Å². The maximum absolute atomic E-state index is 11.1. The first kappa shape index (κ1) is 12.9. The second-order valence-electron chi connectivity index (χ2n) is 3.24. The van der Waals surface area contributed by atoms with Crippen molar-refractivity contribution in [2.24, 2.45) is 16.6 Å². The molecule has 5 heteroatoms. The molecule has 0 aromatic rings. The minimum atomic E-state index is -0.134. The lowest BCUT2D eigenvalue weighted by Crippen LogP contribution is -2.30. The number of aliphatic imine (C=N–C) groups is 1. The zero-order chi connectivity index (χ0) is 11.0. The second-order valence-corrected chi connectivity index (χ2v) is 3.24. The summed E-state index contributed by atoms with van der Waals surface area (Å²) in [5, 5.41) is 2.65. The fourth-order valence-corrected chi connectivity index (χ4v) is 0.694. The van der Waals surface area contributed by atoms with E-state index in [0.29, 0.717) is 19.0 Å². The molecule has 0 heterocycles. The van der Waals surface area contributed by atoms with Crippen LogP contribution in [0.5, 0.6) is 0 Å². The van der Waals surface area contributed by atoms with Crippen LogP contribution in [0.15, 0.2) is 4.99 Å². The minimum Gasteiger partial charge on any atom is -0.387 e. The first-order valence-corrected chi connectivity index (χ1v) is 4.63. The second kappa shape index (κ2) is 7.32. The molecule has 0 fully saturated rings. The van der Waals surface area contributed by atoms with Gasteiger partial charge in [-0.2, -0.15) is 0 Å². The average molecular weight is 201 g/mol. The first-order chi connectivity index (χ1) is 6.57. The fourth-order valence-electron chi connectivity index (χ4n) is 0.694. The number of hydrogen-bond donors (Lipinski definition) is 2. The summed E-state index contributed by atoms with van der Waals surface area (Å²) in [6.45, 7) is 4.97. The predicted molar refractivity (Wildman–Crippen MR) is 56.2 cm³/mol. The molecule has 3 N–H and O–H groups in total. The number of rotatable bonds is 6. The Hall–Kier alpha value is -1.10. The normalized spacial score (nSPS) is 11.9. The summed E-state index contributed by atoms with van der Waals surface area (Å²) in [4.78, 5) is 15.1. The standard InChI is InChI=1S/C9H19N3O2/c1-7(2)9(10)12-6-8(13)11-4-5-14-3/h7H,4-6H2,1-3H3,(H2,10,12)(H,11,13). The van der Waals surface area contributed by atoms with Gasteiger partial charge in [0.1, 0.15) is 6.54 Å². The van der Waals surface area contributed by atoms with Gasteiger partial charge in [-0.3, -0.25) is 9.79 Å². The van der Waals surface area contributed by atoms with Gasteiger partial charge in [0.2, 0.25) is 5.91 Å². The third-order valence-electron chi connectivity index (χ3n) is 1.63. The minimum absolute atomic E-state index is 0.0910. The molecule has 0 bridgehead atoms. The van der Waals surface area contributed by atoms with E-state index in [-0.39, 0.29) is 18.4 Å². The van der Waals surface area contributed by atoms with Crippen LogP contribution >= 0.6 is 0 Å². The fraction of sp³-hybridized carbons (Fsp3) is 0.778. The van der Waals surface area contributed by atoms with Crippen LogP contribution < -0.4 is 11.1 Å². The largest absolute Gasteiger partial charge is 0.387 e. The zero-order valence-electron chi connectivity index (χ0n) is 9.04. The molecule has 0 aliphatic heterocycles. The van der Waals surface area contributed by atoms with Crippen LogP contribution in [0.2, 0.25) is 0 Å². The van der Waals surface area contributed by atoms with E-state index >= 15 is 0 Å². The molecule has 0 atom stereocenters. The first-order valence-electron chi connectivity index (χ1n) is 4.63. The predicted octanol–water partition coefficient (Wildman–Crippen LogP) is -0.238. The molecule has 0 aliphatic rings. The van der Waals surface area contributed by atoms with Gasteiger partial charge < -0.3 is 15.8 Å². The molecule has 14 heavy (non-hydrogen) atoms. The van der Waals surface area contributed by atoms with E-state index in [2.05, 4.69) is 10.3 Å². The molecule has 5 nitrogen and oxygen atoms in total. The SMILES string of the molecule is COCCNC(=O)CN=C(N)C(C)C. The third-order valence-corrected chi connectivity index (χ3v) is 1.63. The van der Waals surface area contributed by atoms with Crippen molar-refractivity contribution in [1.29, 1.82) is 0 Å². The van der Waals surface area contributed by atoms with Crippen LogP contribution in [0, 0.1) is 5.92 Å². The number of carbonyl (C=O) groups excluding carboxylic acids is 1. The molecule has 0 aromatic heterocycles. The van der Waals surface area contributed by atoms with E-state index in [4.69, 9.17) is 10.5 Å². The van der Waals surface area contributed by atoms with E-state index in [1.807, 2.05) is 13.8 Å². The van der Waals surface area contributed by atoms with E-state index in [9.17, 15) is 4.79 Å². The van der Waals surface area contributed by atoms with E-state index in [1.54, 1.807) is 7.11 Å². The van der Waals surface area contributed by atoms with Crippen LogP contribution in [0.3, 0.4) is 0 Å². The number of nitrogens with zero attached hydrogens (tertiary/aromatic N) is 1. The Morgan fingerprint density at radius 2 is 2.21 bits per heavy atom. The van der Waals surface area contributed by atoms with Crippen LogP contribution in [0.1, 0.15) is 13.8 Å². The summed E-state index contributed by atoms with van der Waals surface area (Å²) in [5.41, 5.74) is 5.56. The number of amidine groups is 1. The van der Waals surface area contributed by atoms with Gasteiger partial charge in [0.15, 0.2) is 0 Å². The topological polar surface area (TPSA) is 76.7 Å². The van der Waals surface area contributed by atoms with Gasteiger partial charge in [-0.25, -0.2) is 0 Å². The lowest BCUT2D eigenvalue weighted by atomic mass is 10.2. The van der Waals surface area contributed by atoms with Crippen molar-refractivity contribution < 1.29 is 9.53 Å². The van der Waals surface area contributed by atoms with Crippen LogP contribution in [-0.4, -0.2) is 38.5 Å². The van der Waals surface area contributed by atoms with Crippen molar-refractivity contribution >= 4 is 11.7 Å². The summed E-state index contributed by atoms with van der Waals surface area (Å²) >= 11 is 0. The monoisotopic (exact) mass is 201 g/mol. The Morgan fingerprint density at radius 1 is 1.57 bits per heavy atom. The van der Waals surface area contributed by atoms with Crippen molar-refractivity contribution in [1.82, 2.24) is 5.32 Å². The molecule has 0 saturated heterocycles. The van der Waals surface area contributed by atoms with Crippen molar-refractivity contribution in [3.63, 3.8) is 0 Å². The Balaban J connectivity index is 3.68. The highest BCUT2D eigenvalue weighted by atomic mass is 16.5. The molecular weight excluding hydrogens is 182 g/mol.